The minimum atomic E-state index is -0.269. The van der Waals surface area contributed by atoms with Crippen molar-refractivity contribution >= 4 is 28.3 Å². The first-order chi connectivity index (χ1) is 15.7. The van der Waals surface area contributed by atoms with Gasteiger partial charge in [-0.3, -0.25) is 14.5 Å². The highest BCUT2D eigenvalue weighted by atomic mass is 35.5. The summed E-state index contributed by atoms with van der Waals surface area (Å²) in [5, 5.41) is 9.46. The summed E-state index contributed by atoms with van der Waals surface area (Å²) >= 11 is 6.15. The van der Waals surface area contributed by atoms with E-state index in [4.69, 9.17) is 21.9 Å². The molecule has 0 amide bonds. The number of hydrogen-bond acceptors (Lipinski definition) is 6. The van der Waals surface area contributed by atoms with Crippen LogP contribution in [0.1, 0.15) is 18.4 Å². The van der Waals surface area contributed by atoms with Gasteiger partial charge in [0.2, 0.25) is 5.95 Å². The van der Waals surface area contributed by atoms with Crippen molar-refractivity contribution in [2.75, 3.05) is 6.54 Å². The Bertz CT molecular complexity index is 1350. The van der Waals surface area contributed by atoms with Crippen LogP contribution >= 0.6 is 11.6 Å². The number of benzene rings is 1. The van der Waals surface area contributed by atoms with Crippen LogP contribution in [0.5, 0.6) is 0 Å². The monoisotopic (exact) mass is 445 g/mol. The number of aromatic nitrogens is 5. The number of nitriles is 1. The second-order valence-electron chi connectivity index (χ2n) is 7.13. The van der Waals surface area contributed by atoms with Crippen molar-refractivity contribution in [3.8, 4) is 12.0 Å². The third-order valence-corrected chi connectivity index (χ3v) is 5.14. The third kappa shape index (κ3) is 4.74. The number of pyridine rings is 1. The molecule has 0 fully saturated rings. The zero-order chi connectivity index (χ0) is 22.3. The van der Waals surface area contributed by atoms with E-state index in [0.717, 1.165) is 11.3 Å². The summed E-state index contributed by atoms with van der Waals surface area (Å²) in [4.78, 5) is 30.8. The van der Waals surface area contributed by atoms with Gasteiger partial charge in [0, 0.05) is 48.7 Å². The minimum Gasteiger partial charge on any atom is -0.292 e. The third-order valence-electron chi connectivity index (χ3n) is 4.90. The average Bonchev–Trinajstić information content (AvgIpc) is 3.08. The van der Waals surface area contributed by atoms with Crippen LogP contribution < -0.4 is 5.69 Å². The molecule has 32 heavy (non-hydrogen) atoms. The SMILES string of the molecule is N#CCCCN=C(Cc1cccc(Cl)c1)Cn1c(=O)n(-c2ncccn2)c2ccncc21. The van der Waals surface area contributed by atoms with Crippen molar-refractivity contribution in [2.45, 2.75) is 25.8 Å². The number of imidazole rings is 1. The molecule has 0 saturated carbocycles. The van der Waals surface area contributed by atoms with Crippen molar-refractivity contribution in [3.63, 3.8) is 0 Å². The molecule has 0 N–H and O–H groups in total. The molecule has 3 heterocycles. The summed E-state index contributed by atoms with van der Waals surface area (Å²) in [6.45, 7) is 0.789. The summed E-state index contributed by atoms with van der Waals surface area (Å²) in [6, 6.07) is 13.2. The fourth-order valence-corrected chi connectivity index (χ4v) is 3.69. The lowest BCUT2D eigenvalue weighted by Gasteiger charge is -2.09. The Balaban J connectivity index is 1.75. The first kappa shape index (κ1) is 21.4. The lowest BCUT2D eigenvalue weighted by molar-refractivity contribution is 0.769. The van der Waals surface area contributed by atoms with Crippen LogP contribution in [0.2, 0.25) is 5.02 Å². The molecule has 0 saturated heterocycles. The highest BCUT2D eigenvalue weighted by molar-refractivity contribution is 6.30. The number of aliphatic imine (C=N–C) groups is 1. The second-order valence-corrected chi connectivity index (χ2v) is 7.57. The van der Waals surface area contributed by atoms with Gasteiger partial charge >= 0.3 is 5.69 Å². The summed E-state index contributed by atoms with van der Waals surface area (Å²) < 4.78 is 3.11. The zero-order valence-electron chi connectivity index (χ0n) is 17.2. The van der Waals surface area contributed by atoms with Crippen molar-refractivity contribution in [1.82, 2.24) is 24.1 Å². The maximum Gasteiger partial charge on any atom is 0.336 e. The summed E-state index contributed by atoms with van der Waals surface area (Å²) in [5.41, 5.74) is 2.88. The first-order valence-corrected chi connectivity index (χ1v) is 10.5. The second kappa shape index (κ2) is 9.98. The summed E-state index contributed by atoms with van der Waals surface area (Å²) in [6.07, 6.45) is 8.11. The van der Waals surface area contributed by atoms with Crippen molar-refractivity contribution in [1.29, 1.82) is 5.26 Å². The van der Waals surface area contributed by atoms with E-state index in [9.17, 15) is 4.79 Å². The van der Waals surface area contributed by atoms with Gasteiger partial charge in [0.15, 0.2) is 0 Å². The lowest BCUT2D eigenvalue weighted by atomic mass is 10.1. The topological polar surface area (TPSA) is 102 Å². The fourth-order valence-electron chi connectivity index (χ4n) is 3.48. The molecular weight excluding hydrogens is 426 g/mol. The average molecular weight is 446 g/mol. The first-order valence-electron chi connectivity index (χ1n) is 10.1. The van der Waals surface area contributed by atoms with E-state index in [1.54, 1.807) is 41.5 Å². The van der Waals surface area contributed by atoms with Crippen LogP contribution in [0, 0.1) is 11.3 Å². The van der Waals surface area contributed by atoms with Crippen LogP contribution in [0.3, 0.4) is 0 Å². The Labute approximate surface area is 189 Å². The quantitative estimate of drug-likeness (QED) is 0.304. The molecule has 1 aromatic carbocycles. The van der Waals surface area contributed by atoms with Gasteiger partial charge in [-0.05, 0) is 36.2 Å². The Kier molecular flexibility index (Phi) is 6.68. The van der Waals surface area contributed by atoms with Gasteiger partial charge in [-0.1, -0.05) is 23.7 Å². The molecule has 9 heteroatoms. The minimum absolute atomic E-state index is 0.269. The molecule has 0 atom stereocenters. The predicted molar refractivity (Wildman–Crippen MR) is 123 cm³/mol. The largest absolute Gasteiger partial charge is 0.336 e. The number of rotatable bonds is 8. The Morgan fingerprint density at radius 1 is 1.12 bits per heavy atom. The molecule has 160 valence electrons. The van der Waals surface area contributed by atoms with Crippen molar-refractivity contribution in [3.05, 3.63) is 82.3 Å². The molecule has 0 bridgehead atoms. The molecule has 0 aliphatic heterocycles. The molecule has 0 spiro atoms. The van der Waals surface area contributed by atoms with Gasteiger partial charge in [-0.15, -0.1) is 0 Å². The number of fused-ring (bicyclic) bond motifs is 1. The Hall–Kier alpha value is -3.83. The smallest absolute Gasteiger partial charge is 0.292 e. The van der Waals surface area contributed by atoms with Gasteiger partial charge in [-0.25, -0.2) is 19.3 Å². The highest BCUT2D eigenvalue weighted by Crippen LogP contribution is 2.16. The fraction of sp³-hybridized carbons (Fsp3) is 0.217. The maximum atomic E-state index is 13.4. The molecule has 8 nitrogen and oxygen atoms in total. The van der Waals surface area contributed by atoms with Gasteiger partial charge < -0.3 is 0 Å². The maximum absolute atomic E-state index is 13.4. The molecule has 4 aromatic rings. The molecule has 0 radical (unpaired) electrons. The van der Waals surface area contributed by atoms with E-state index < -0.39 is 0 Å². The van der Waals surface area contributed by atoms with Gasteiger partial charge in [0.1, 0.15) is 0 Å². The summed E-state index contributed by atoms with van der Waals surface area (Å²) in [5.74, 6) is 0.301. The molecule has 4 rings (SSSR count). The van der Waals surface area contributed by atoms with E-state index >= 15 is 0 Å². The predicted octanol–water partition coefficient (Wildman–Crippen LogP) is 3.62. The number of unbranched alkanes of at least 4 members (excludes halogenated alkanes) is 1. The van der Waals surface area contributed by atoms with Crippen LogP contribution in [-0.4, -0.2) is 36.3 Å². The van der Waals surface area contributed by atoms with Gasteiger partial charge in [0.25, 0.3) is 0 Å². The van der Waals surface area contributed by atoms with E-state index in [2.05, 4.69) is 21.0 Å². The van der Waals surface area contributed by atoms with Gasteiger partial charge in [0.05, 0.1) is 29.8 Å². The van der Waals surface area contributed by atoms with Crippen LogP contribution in [0.25, 0.3) is 17.0 Å². The standard InChI is InChI=1S/C23H20ClN7O/c24-18-6-3-5-17(13-18)14-19(27-9-2-1-8-25)16-30-21-15-26-12-7-20(21)31(23(30)32)22-28-10-4-11-29-22/h3-7,10-13,15H,1-2,9,14,16H2. The van der Waals surface area contributed by atoms with Crippen LogP contribution in [0.15, 0.2) is 71.0 Å². The van der Waals surface area contributed by atoms with Crippen molar-refractivity contribution < 1.29 is 0 Å². The van der Waals surface area contributed by atoms with Crippen LogP contribution in [0.4, 0.5) is 0 Å². The zero-order valence-corrected chi connectivity index (χ0v) is 18.0. The molecular formula is C23H20ClN7O. The van der Waals surface area contributed by atoms with Crippen molar-refractivity contribution in [2.24, 2.45) is 4.99 Å². The van der Waals surface area contributed by atoms with Crippen LogP contribution in [-0.2, 0) is 13.0 Å². The van der Waals surface area contributed by atoms with E-state index in [1.807, 2.05) is 24.3 Å². The van der Waals surface area contributed by atoms with E-state index in [0.29, 0.717) is 47.8 Å². The molecule has 0 unspecified atom stereocenters. The molecule has 0 aliphatic rings. The Morgan fingerprint density at radius 2 is 1.97 bits per heavy atom. The number of hydrogen-bond donors (Lipinski definition) is 0. The Morgan fingerprint density at radius 3 is 2.75 bits per heavy atom. The number of halogens is 1. The van der Waals surface area contributed by atoms with E-state index in [1.165, 1.54) is 4.57 Å². The highest BCUT2D eigenvalue weighted by Gasteiger charge is 2.17. The summed E-state index contributed by atoms with van der Waals surface area (Å²) in [7, 11) is 0. The molecule has 3 aromatic heterocycles. The number of nitrogens with zero attached hydrogens (tertiary/aromatic N) is 7. The molecule has 0 aliphatic carbocycles. The van der Waals surface area contributed by atoms with E-state index in [-0.39, 0.29) is 12.2 Å². The normalized spacial score (nSPS) is 11.6. The lowest BCUT2D eigenvalue weighted by Crippen LogP contribution is -2.28. The van der Waals surface area contributed by atoms with Gasteiger partial charge in [-0.2, -0.15) is 5.26 Å².